The van der Waals surface area contributed by atoms with Gasteiger partial charge in [-0.05, 0) is 37.6 Å². The minimum atomic E-state index is -0.879. The summed E-state index contributed by atoms with van der Waals surface area (Å²) in [5, 5.41) is 10.5. The highest BCUT2D eigenvalue weighted by molar-refractivity contribution is 5.30. The molecule has 0 aliphatic heterocycles. The predicted molar refractivity (Wildman–Crippen MR) is 65.4 cm³/mol. The molecular formula is C13H21NO2. The Bertz CT molecular complexity index is 315. The molecule has 0 aromatic heterocycles. The molecule has 2 atom stereocenters. The molecule has 1 aromatic rings. The van der Waals surface area contributed by atoms with Crippen molar-refractivity contribution in [2.45, 2.75) is 25.9 Å². The van der Waals surface area contributed by atoms with Crippen LogP contribution in [0.3, 0.4) is 0 Å². The molecular weight excluding hydrogens is 202 g/mol. The van der Waals surface area contributed by atoms with Gasteiger partial charge in [0.1, 0.15) is 5.75 Å². The number of rotatable bonds is 5. The van der Waals surface area contributed by atoms with Gasteiger partial charge in [0.05, 0.1) is 12.7 Å². The van der Waals surface area contributed by atoms with Crippen LogP contribution in [0.5, 0.6) is 5.75 Å². The zero-order chi connectivity index (χ0) is 12.2. The average Bonchev–Trinajstić information content (AvgIpc) is 2.30. The van der Waals surface area contributed by atoms with Gasteiger partial charge in [-0.25, -0.2) is 0 Å². The summed E-state index contributed by atoms with van der Waals surface area (Å²) in [5.41, 5.74) is 5.68. The van der Waals surface area contributed by atoms with Crippen LogP contribution in [0.1, 0.15) is 25.8 Å². The predicted octanol–water partition coefficient (Wildman–Crippen LogP) is 1.89. The first kappa shape index (κ1) is 13.0. The summed E-state index contributed by atoms with van der Waals surface area (Å²) >= 11 is 0. The van der Waals surface area contributed by atoms with E-state index >= 15 is 0 Å². The number of benzene rings is 1. The quantitative estimate of drug-likeness (QED) is 0.801. The molecule has 16 heavy (non-hydrogen) atoms. The summed E-state index contributed by atoms with van der Waals surface area (Å²) in [7, 11) is 1.63. The van der Waals surface area contributed by atoms with Crippen LogP contribution < -0.4 is 10.5 Å². The summed E-state index contributed by atoms with van der Waals surface area (Å²) in [6, 6.07) is 7.48. The summed E-state index contributed by atoms with van der Waals surface area (Å²) in [6.07, 6.45) is 0.857. The summed E-state index contributed by atoms with van der Waals surface area (Å²) < 4.78 is 5.09. The van der Waals surface area contributed by atoms with Crippen molar-refractivity contribution in [2.24, 2.45) is 11.7 Å². The molecule has 1 rings (SSSR count). The van der Waals surface area contributed by atoms with Crippen LogP contribution in [0.4, 0.5) is 0 Å². The summed E-state index contributed by atoms with van der Waals surface area (Å²) in [5.74, 6) is 0.862. The average molecular weight is 223 g/mol. The number of nitrogens with two attached hydrogens (primary N) is 1. The van der Waals surface area contributed by atoms with Gasteiger partial charge in [-0.1, -0.05) is 19.1 Å². The molecule has 90 valence electrons. The van der Waals surface area contributed by atoms with Gasteiger partial charge in [0.25, 0.3) is 0 Å². The zero-order valence-corrected chi connectivity index (χ0v) is 10.2. The second kappa shape index (κ2) is 5.32. The first-order chi connectivity index (χ1) is 7.56. The molecule has 0 radical (unpaired) electrons. The van der Waals surface area contributed by atoms with Crippen molar-refractivity contribution in [3.8, 4) is 5.75 Å². The van der Waals surface area contributed by atoms with Crippen molar-refractivity contribution in [1.82, 2.24) is 0 Å². The van der Waals surface area contributed by atoms with Crippen LogP contribution in [0, 0.1) is 5.92 Å². The van der Waals surface area contributed by atoms with E-state index in [9.17, 15) is 5.11 Å². The van der Waals surface area contributed by atoms with Crippen LogP contribution in [0.2, 0.25) is 0 Å². The third-order valence-corrected chi connectivity index (χ3v) is 3.25. The smallest absolute Gasteiger partial charge is 0.118 e. The topological polar surface area (TPSA) is 55.5 Å². The molecule has 0 saturated heterocycles. The van der Waals surface area contributed by atoms with Crippen molar-refractivity contribution in [3.05, 3.63) is 29.8 Å². The number of hydrogen-bond acceptors (Lipinski definition) is 3. The number of aliphatic hydroxyl groups is 1. The number of ether oxygens (including phenoxy) is 1. The number of hydrogen-bond donors (Lipinski definition) is 2. The van der Waals surface area contributed by atoms with E-state index in [1.807, 2.05) is 38.1 Å². The van der Waals surface area contributed by atoms with Crippen LogP contribution in [0.15, 0.2) is 24.3 Å². The minimum Gasteiger partial charge on any atom is -0.497 e. The Labute approximate surface area is 97.2 Å². The molecule has 0 fully saturated rings. The molecule has 0 heterocycles. The van der Waals surface area contributed by atoms with E-state index in [1.165, 1.54) is 0 Å². The molecule has 0 aliphatic carbocycles. The normalized spacial score (nSPS) is 16.6. The lowest BCUT2D eigenvalue weighted by atomic mass is 9.81. The van der Waals surface area contributed by atoms with Gasteiger partial charge in [-0.15, -0.1) is 0 Å². The SMILES string of the molecule is CCC(CN)C(C)(O)c1ccc(OC)cc1. The van der Waals surface area contributed by atoms with E-state index in [0.717, 1.165) is 17.7 Å². The van der Waals surface area contributed by atoms with Gasteiger partial charge >= 0.3 is 0 Å². The molecule has 3 N–H and O–H groups in total. The van der Waals surface area contributed by atoms with E-state index < -0.39 is 5.60 Å². The molecule has 0 amide bonds. The maximum absolute atomic E-state index is 10.5. The second-order valence-corrected chi connectivity index (χ2v) is 4.22. The highest BCUT2D eigenvalue weighted by atomic mass is 16.5. The Kier molecular flexibility index (Phi) is 4.33. The van der Waals surface area contributed by atoms with Crippen molar-refractivity contribution in [2.75, 3.05) is 13.7 Å². The van der Waals surface area contributed by atoms with Gasteiger partial charge in [0.15, 0.2) is 0 Å². The van der Waals surface area contributed by atoms with Gasteiger partial charge in [0.2, 0.25) is 0 Å². The van der Waals surface area contributed by atoms with Crippen molar-refractivity contribution >= 4 is 0 Å². The largest absolute Gasteiger partial charge is 0.497 e. The summed E-state index contributed by atoms with van der Waals surface area (Å²) in [4.78, 5) is 0. The second-order valence-electron chi connectivity index (χ2n) is 4.22. The maximum Gasteiger partial charge on any atom is 0.118 e. The van der Waals surface area contributed by atoms with Gasteiger partial charge < -0.3 is 15.6 Å². The van der Waals surface area contributed by atoms with Crippen LogP contribution >= 0.6 is 0 Å². The monoisotopic (exact) mass is 223 g/mol. The lowest BCUT2D eigenvalue weighted by Gasteiger charge is -2.32. The first-order valence-electron chi connectivity index (χ1n) is 5.63. The Morgan fingerprint density at radius 3 is 2.31 bits per heavy atom. The fraction of sp³-hybridized carbons (Fsp3) is 0.538. The Hall–Kier alpha value is -1.06. The van der Waals surface area contributed by atoms with Crippen LogP contribution in [-0.4, -0.2) is 18.8 Å². The number of methoxy groups -OCH3 is 1. The lowest BCUT2D eigenvalue weighted by molar-refractivity contribution is -0.00405. The Morgan fingerprint density at radius 2 is 1.94 bits per heavy atom. The molecule has 0 aliphatic rings. The third-order valence-electron chi connectivity index (χ3n) is 3.25. The van der Waals surface area contributed by atoms with Gasteiger partial charge in [-0.2, -0.15) is 0 Å². The first-order valence-corrected chi connectivity index (χ1v) is 5.63. The standard InChI is InChI=1S/C13H21NO2/c1-4-10(9-14)13(2,15)11-5-7-12(16-3)8-6-11/h5-8,10,15H,4,9,14H2,1-3H3. The van der Waals surface area contributed by atoms with Crippen LogP contribution in [-0.2, 0) is 5.60 Å². The minimum absolute atomic E-state index is 0.0703. The van der Waals surface area contributed by atoms with Crippen molar-refractivity contribution in [3.63, 3.8) is 0 Å². The Balaban J connectivity index is 2.96. The highest BCUT2D eigenvalue weighted by Crippen LogP contribution is 2.31. The van der Waals surface area contributed by atoms with Crippen molar-refractivity contribution < 1.29 is 9.84 Å². The van der Waals surface area contributed by atoms with E-state index in [4.69, 9.17) is 10.5 Å². The van der Waals surface area contributed by atoms with Crippen molar-refractivity contribution in [1.29, 1.82) is 0 Å². The Morgan fingerprint density at radius 1 is 1.38 bits per heavy atom. The third kappa shape index (κ3) is 2.54. The highest BCUT2D eigenvalue weighted by Gasteiger charge is 2.31. The van der Waals surface area contributed by atoms with E-state index in [0.29, 0.717) is 6.54 Å². The fourth-order valence-corrected chi connectivity index (χ4v) is 1.96. The summed E-state index contributed by atoms with van der Waals surface area (Å²) in [6.45, 7) is 4.33. The molecule has 0 saturated carbocycles. The zero-order valence-electron chi connectivity index (χ0n) is 10.2. The lowest BCUT2D eigenvalue weighted by Crippen LogP contribution is -2.36. The maximum atomic E-state index is 10.5. The van der Waals surface area contributed by atoms with Gasteiger partial charge in [0, 0.05) is 5.92 Å². The van der Waals surface area contributed by atoms with Gasteiger partial charge in [-0.3, -0.25) is 0 Å². The van der Waals surface area contributed by atoms with E-state index in [-0.39, 0.29) is 5.92 Å². The molecule has 3 heteroatoms. The molecule has 2 unspecified atom stereocenters. The van der Waals surface area contributed by atoms with E-state index in [1.54, 1.807) is 7.11 Å². The molecule has 0 bridgehead atoms. The fourth-order valence-electron chi connectivity index (χ4n) is 1.96. The molecule has 1 aromatic carbocycles. The van der Waals surface area contributed by atoms with Crippen LogP contribution in [0.25, 0.3) is 0 Å². The molecule has 0 spiro atoms. The molecule has 3 nitrogen and oxygen atoms in total. The van der Waals surface area contributed by atoms with E-state index in [2.05, 4.69) is 0 Å².